The molecule has 0 amide bonds. The molecule has 3 unspecified atom stereocenters. The molecule has 3 atom stereocenters. The highest BCUT2D eigenvalue weighted by Gasteiger charge is 2.35. The van der Waals surface area contributed by atoms with E-state index in [1.54, 1.807) is 0 Å². The van der Waals surface area contributed by atoms with Crippen molar-refractivity contribution >= 4 is 8.07 Å². The van der Waals surface area contributed by atoms with Gasteiger partial charge < -0.3 is 0 Å². The summed E-state index contributed by atoms with van der Waals surface area (Å²) in [5.41, 5.74) is 0. The molecule has 0 radical (unpaired) electrons. The van der Waals surface area contributed by atoms with Gasteiger partial charge in [-0.3, -0.25) is 0 Å². The molecule has 7 heteroatoms. The molecule has 0 aromatic carbocycles. The summed E-state index contributed by atoms with van der Waals surface area (Å²) in [6.07, 6.45) is 2.09. The van der Waals surface area contributed by atoms with E-state index < -0.39 is 8.07 Å². The van der Waals surface area contributed by atoms with Crippen molar-refractivity contribution in [1.82, 2.24) is 0 Å². The highest BCUT2D eigenvalue weighted by Crippen LogP contribution is 2.31. The number of nitroso groups, excluding NO2 is 3. The minimum absolute atomic E-state index is 0.222. The Kier molecular flexibility index (Phi) is 9.36. The number of hydrogen-bond donors (Lipinski definition) is 0. The molecule has 0 aliphatic rings. The average molecular weight is 301 g/mol. The Balaban J connectivity index is 5.02. The van der Waals surface area contributed by atoms with E-state index in [-0.39, 0.29) is 18.1 Å². The Hall–Kier alpha value is -0.983. The van der Waals surface area contributed by atoms with Crippen LogP contribution >= 0.6 is 0 Å². The van der Waals surface area contributed by atoms with Crippen LogP contribution in [0.5, 0.6) is 0 Å². The van der Waals surface area contributed by atoms with Gasteiger partial charge in [0.1, 0.15) is 0 Å². The van der Waals surface area contributed by atoms with Crippen LogP contribution in [0.25, 0.3) is 0 Å². The third kappa shape index (κ3) is 6.45. The molecular weight excluding hydrogens is 274 g/mol. The SMILES string of the molecule is CCC(C[Si](C)(CC(CC)N=O)CC(CC)N=O)N=O. The summed E-state index contributed by atoms with van der Waals surface area (Å²) in [6.45, 7) is 7.95. The van der Waals surface area contributed by atoms with Gasteiger partial charge in [0.15, 0.2) is 0 Å². The summed E-state index contributed by atoms with van der Waals surface area (Å²) in [6, 6.07) is 1.47. The lowest BCUT2D eigenvalue weighted by Crippen LogP contribution is -2.39. The first-order chi connectivity index (χ1) is 9.48. The maximum Gasteiger partial charge on any atom is 0.0894 e. The van der Waals surface area contributed by atoms with Crippen molar-refractivity contribution in [3.63, 3.8) is 0 Å². The van der Waals surface area contributed by atoms with Gasteiger partial charge in [0, 0.05) is 0 Å². The summed E-state index contributed by atoms with van der Waals surface area (Å²) in [4.78, 5) is 32.6. The Labute approximate surface area is 122 Å². The highest BCUT2D eigenvalue weighted by molar-refractivity contribution is 6.79. The van der Waals surface area contributed by atoms with E-state index in [1.165, 1.54) is 0 Å². The Morgan fingerprint density at radius 1 is 0.700 bits per heavy atom. The van der Waals surface area contributed by atoms with Crippen molar-refractivity contribution in [3.05, 3.63) is 14.7 Å². The van der Waals surface area contributed by atoms with Gasteiger partial charge in [0.05, 0.1) is 26.2 Å². The molecule has 0 aromatic heterocycles. The molecule has 0 N–H and O–H groups in total. The van der Waals surface area contributed by atoms with E-state index in [9.17, 15) is 14.7 Å². The second-order valence-electron chi connectivity index (χ2n) is 5.93. The van der Waals surface area contributed by atoms with Crippen molar-refractivity contribution < 1.29 is 0 Å². The minimum Gasteiger partial charge on any atom is -0.151 e. The molecule has 20 heavy (non-hydrogen) atoms. The van der Waals surface area contributed by atoms with Crippen molar-refractivity contribution in [1.29, 1.82) is 0 Å². The molecule has 0 aromatic rings. The van der Waals surface area contributed by atoms with Crippen LogP contribution in [0.4, 0.5) is 0 Å². The van der Waals surface area contributed by atoms with Gasteiger partial charge in [-0.1, -0.05) is 42.8 Å². The van der Waals surface area contributed by atoms with Crippen LogP contribution in [-0.2, 0) is 0 Å². The normalized spacial score (nSPS) is 18.6. The third-order valence-corrected chi connectivity index (χ3v) is 8.42. The monoisotopic (exact) mass is 301 g/mol. The summed E-state index contributed by atoms with van der Waals surface area (Å²) < 4.78 is 0. The second-order valence-corrected chi connectivity index (χ2v) is 10.8. The third-order valence-electron chi connectivity index (χ3n) is 4.05. The van der Waals surface area contributed by atoms with Gasteiger partial charge >= 0.3 is 0 Å². The largest absolute Gasteiger partial charge is 0.151 e. The predicted molar refractivity (Wildman–Crippen MR) is 85.7 cm³/mol. The van der Waals surface area contributed by atoms with Gasteiger partial charge in [-0.05, 0) is 37.4 Å². The highest BCUT2D eigenvalue weighted by atomic mass is 28.3. The van der Waals surface area contributed by atoms with E-state index in [0.29, 0.717) is 37.4 Å². The molecule has 0 saturated heterocycles. The molecule has 6 nitrogen and oxygen atoms in total. The zero-order valence-corrected chi connectivity index (χ0v) is 14.0. The first-order valence-electron chi connectivity index (χ1n) is 7.45. The first-order valence-corrected chi connectivity index (χ1v) is 10.6. The Bertz CT molecular complexity index is 270. The standard InChI is InChI=1S/C13H27N3O3Si/c1-5-11(14-17)8-20(4,9-12(6-2)15-18)10-13(7-3)16-19/h11-13H,5-10H2,1-4H3. The summed E-state index contributed by atoms with van der Waals surface area (Å²) >= 11 is 0. The zero-order chi connectivity index (χ0) is 15.6. The maximum atomic E-state index is 10.9. The molecule has 0 bridgehead atoms. The van der Waals surface area contributed by atoms with Crippen LogP contribution in [0.3, 0.4) is 0 Å². The molecule has 0 rings (SSSR count). The van der Waals surface area contributed by atoms with Gasteiger partial charge in [-0.25, -0.2) is 0 Å². The quantitative estimate of drug-likeness (QED) is 0.386. The first kappa shape index (κ1) is 19.0. The molecule has 0 fully saturated rings. The Morgan fingerprint density at radius 3 is 1.10 bits per heavy atom. The lowest BCUT2D eigenvalue weighted by Gasteiger charge is -2.32. The number of nitrogens with zero attached hydrogens (tertiary/aromatic N) is 3. The van der Waals surface area contributed by atoms with Crippen molar-refractivity contribution in [2.75, 3.05) is 0 Å². The second kappa shape index (κ2) is 9.85. The fourth-order valence-electron chi connectivity index (χ4n) is 2.72. The van der Waals surface area contributed by atoms with Gasteiger partial charge in [0.25, 0.3) is 0 Å². The molecule has 0 aliphatic carbocycles. The maximum absolute atomic E-state index is 10.9. The summed E-state index contributed by atoms with van der Waals surface area (Å²) in [5.74, 6) is 0. The van der Waals surface area contributed by atoms with E-state index in [0.717, 1.165) is 0 Å². The van der Waals surface area contributed by atoms with Crippen molar-refractivity contribution in [2.24, 2.45) is 15.5 Å². The van der Waals surface area contributed by atoms with Gasteiger partial charge in [0.2, 0.25) is 0 Å². The predicted octanol–water partition coefficient (Wildman–Crippen LogP) is 4.70. The van der Waals surface area contributed by atoms with E-state index in [4.69, 9.17) is 0 Å². The topological polar surface area (TPSA) is 88.3 Å². The van der Waals surface area contributed by atoms with Gasteiger partial charge in [-0.15, -0.1) is 0 Å². The molecule has 0 aliphatic heterocycles. The minimum atomic E-state index is -1.95. The Morgan fingerprint density at radius 2 is 0.950 bits per heavy atom. The van der Waals surface area contributed by atoms with Crippen molar-refractivity contribution in [3.8, 4) is 0 Å². The molecule has 0 saturated carbocycles. The van der Waals surface area contributed by atoms with Crippen LogP contribution < -0.4 is 0 Å². The summed E-state index contributed by atoms with van der Waals surface area (Å²) in [7, 11) is -1.95. The number of rotatable bonds is 12. The van der Waals surface area contributed by atoms with E-state index >= 15 is 0 Å². The smallest absolute Gasteiger partial charge is 0.0894 e. The van der Waals surface area contributed by atoms with Crippen LogP contribution in [0.2, 0.25) is 24.7 Å². The van der Waals surface area contributed by atoms with E-state index in [2.05, 4.69) is 22.1 Å². The lowest BCUT2D eigenvalue weighted by atomic mass is 10.3. The van der Waals surface area contributed by atoms with Crippen LogP contribution in [0, 0.1) is 14.7 Å². The van der Waals surface area contributed by atoms with Crippen LogP contribution in [-0.4, -0.2) is 26.2 Å². The lowest BCUT2D eigenvalue weighted by molar-refractivity contribution is 0.642. The van der Waals surface area contributed by atoms with E-state index in [1.807, 2.05) is 20.8 Å². The fraction of sp³-hybridized carbons (Fsp3) is 1.00. The molecule has 0 heterocycles. The van der Waals surface area contributed by atoms with Gasteiger partial charge in [-0.2, -0.15) is 14.7 Å². The fourth-order valence-corrected chi connectivity index (χ4v) is 7.73. The summed E-state index contributed by atoms with van der Waals surface area (Å²) in [5, 5.41) is 9.53. The molecule has 0 spiro atoms. The van der Waals surface area contributed by atoms with Crippen molar-refractivity contribution in [2.45, 2.75) is 82.8 Å². The van der Waals surface area contributed by atoms with Crippen LogP contribution in [0.15, 0.2) is 15.5 Å². The molecular formula is C13H27N3O3Si. The number of hydrogen-bond acceptors (Lipinski definition) is 6. The van der Waals surface area contributed by atoms with Crippen LogP contribution in [0.1, 0.15) is 40.0 Å². The molecule has 116 valence electrons. The zero-order valence-electron chi connectivity index (χ0n) is 13.0. The average Bonchev–Trinajstić information content (AvgIpc) is 2.48.